The van der Waals surface area contributed by atoms with Crippen LogP contribution in [0.3, 0.4) is 0 Å². The van der Waals surface area contributed by atoms with Crippen LogP contribution >= 0.6 is 0 Å². The summed E-state index contributed by atoms with van der Waals surface area (Å²) in [5, 5.41) is 13.2. The zero-order chi connectivity index (χ0) is 13.5. The summed E-state index contributed by atoms with van der Waals surface area (Å²) in [6, 6.07) is 3.95. The number of methoxy groups -OCH3 is 1. The van der Waals surface area contributed by atoms with Crippen molar-refractivity contribution in [1.29, 1.82) is 0 Å². The molecule has 1 aromatic carbocycles. The Labute approximate surface area is 104 Å². The van der Waals surface area contributed by atoms with Crippen LogP contribution in [0.15, 0.2) is 18.2 Å². The Morgan fingerprint density at radius 3 is 2.72 bits per heavy atom. The second kappa shape index (κ2) is 6.43. The summed E-state index contributed by atoms with van der Waals surface area (Å²) in [5.41, 5.74) is -0.123. The van der Waals surface area contributed by atoms with Gasteiger partial charge >= 0.3 is 0 Å². The molecule has 0 aliphatic heterocycles. The molecule has 98 valence electrons. The Hall–Kier alpha value is -2.31. The molecule has 0 spiro atoms. The summed E-state index contributed by atoms with van der Waals surface area (Å²) in [5.74, 6) is 0.203. The van der Waals surface area contributed by atoms with Gasteiger partial charge in [0.25, 0.3) is 11.6 Å². The van der Waals surface area contributed by atoms with Gasteiger partial charge in [0.2, 0.25) is 0 Å². The van der Waals surface area contributed by atoms with E-state index in [4.69, 9.17) is 9.47 Å². The molecule has 0 aliphatic carbocycles. The molecule has 1 N–H and O–H groups in total. The standard InChI is InChI=1S/C11H14N2O5/c1-3-12-11(14)7-18-10-6-8(13(15)16)4-5-9(10)17-2/h4-6H,3,7H2,1-2H3,(H,12,14). The van der Waals surface area contributed by atoms with Gasteiger partial charge in [0.15, 0.2) is 18.1 Å². The van der Waals surface area contributed by atoms with Crippen LogP contribution in [0.1, 0.15) is 6.92 Å². The number of ether oxygens (including phenoxy) is 2. The summed E-state index contributed by atoms with van der Waals surface area (Å²) < 4.78 is 10.2. The van der Waals surface area contributed by atoms with Crippen LogP contribution in [0.2, 0.25) is 0 Å². The zero-order valence-electron chi connectivity index (χ0n) is 10.1. The fourth-order valence-corrected chi connectivity index (χ4v) is 1.28. The lowest BCUT2D eigenvalue weighted by Crippen LogP contribution is -2.28. The topological polar surface area (TPSA) is 90.7 Å². The highest BCUT2D eigenvalue weighted by Gasteiger charge is 2.13. The van der Waals surface area contributed by atoms with Gasteiger partial charge in [-0.15, -0.1) is 0 Å². The SMILES string of the molecule is CCNC(=O)COc1cc([N+](=O)[O-])ccc1OC. The van der Waals surface area contributed by atoms with Crippen LogP contribution < -0.4 is 14.8 Å². The molecule has 18 heavy (non-hydrogen) atoms. The number of carbonyl (C=O) groups excluding carboxylic acids is 1. The second-order valence-corrected chi connectivity index (χ2v) is 3.33. The van der Waals surface area contributed by atoms with Crippen molar-refractivity contribution in [3.05, 3.63) is 28.3 Å². The van der Waals surface area contributed by atoms with Crippen molar-refractivity contribution in [2.75, 3.05) is 20.3 Å². The summed E-state index contributed by atoms with van der Waals surface area (Å²) in [6.07, 6.45) is 0. The van der Waals surface area contributed by atoms with Crippen molar-refractivity contribution in [3.8, 4) is 11.5 Å². The number of nitro benzene ring substituents is 1. The third-order valence-electron chi connectivity index (χ3n) is 2.09. The van der Waals surface area contributed by atoms with Gasteiger partial charge in [-0.05, 0) is 13.0 Å². The average Bonchev–Trinajstić information content (AvgIpc) is 2.36. The van der Waals surface area contributed by atoms with Crippen molar-refractivity contribution >= 4 is 11.6 Å². The van der Waals surface area contributed by atoms with Crippen LogP contribution in [0.5, 0.6) is 11.5 Å². The summed E-state index contributed by atoms with van der Waals surface area (Å²) in [6.45, 7) is 2.06. The van der Waals surface area contributed by atoms with Crippen molar-refractivity contribution in [1.82, 2.24) is 5.32 Å². The Balaban J connectivity index is 2.81. The van der Waals surface area contributed by atoms with Crippen LogP contribution in [-0.4, -0.2) is 31.1 Å². The number of nitrogens with zero attached hydrogens (tertiary/aromatic N) is 1. The minimum absolute atomic E-state index is 0.123. The number of carbonyl (C=O) groups is 1. The Morgan fingerprint density at radius 1 is 1.44 bits per heavy atom. The number of nitrogens with one attached hydrogen (secondary N) is 1. The first-order valence-electron chi connectivity index (χ1n) is 5.30. The number of amides is 1. The van der Waals surface area contributed by atoms with E-state index in [-0.39, 0.29) is 24.0 Å². The molecule has 0 aliphatic rings. The smallest absolute Gasteiger partial charge is 0.273 e. The van der Waals surface area contributed by atoms with E-state index < -0.39 is 4.92 Å². The second-order valence-electron chi connectivity index (χ2n) is 3.33. The van der Waals surface area contributed by atoms with Crippen LogP contribution in [0.4, 0.5) is 5.69 Å². The molecule has 7 nitrogen and oxygen atoms in total. The summed E-state index contributed by atoms with van der Waals surface area (Å²) in [4.78, 5) is 21.3. The van der Waals surface area contributed by atoms with Gasteiger partial charge in [-0.2, -0.15) is 0 Å². The first kappa shape index (κ1) is 13.8. The van der Waals surface area contributed by atoms with Gasteiger partial charge in [-0.25, -0.2) is 0 Å². The van der Waals surface area contributed by atoms with E-state index in [1.165, 1.54) is 25.3 Å². The quantitative estimate of drug-likeness (QED) is 0.606. The third kappa shape index (κ3) is 3.62. The highest BCUT2D eigenvalue weighted by molar-refractivity contribution is 5.77. The number of benzene rings is 1. The highest BCUT2D eigenvalue weighted by atomic mass is 16.6. The van der Waals surface area contributed by atoms with Crippen molar-refractivity contribution in [2.24, 2.45) is 0 Å². The normalized spacial score (nSPS) is 9.67. The van der Waals surface area contributed by atoms with E-state index >= 15 is 0 Å². The molecular formula is C11H14N2O5. The van der Waals surface area contributed by atoms with E-state index in [0.29, 0.717) is 12.3 Å². The molecule has 0 heterocycles. The lowest BCUT2D eigenvalue weighted by Gasteiger charge is -2.09. The Morgan fingerprint density at radius 2 is 2.17 bits per heavy atom. The molecular weight excluding hydrogens is 240 g/mol. The predicted molar refractivity (Wildman–Crippen MR) is 63.8 cm³/mol. The fourth-order valence-electron chi connectivity index (χ4n) is 1.28. The first-order valence-corrected chi connectivity index (χ1v) is 5.30. The van der Waals surface area contributed by atoms with Gasteiger partial charge < -0.3 is 14.8 Å². The zero-order valence-corrected chi connectivity index (χ0v) is 10.1. The third-order valence-corrected chi connectivity index (χ3v) is 2.09. The fraction of sp³-hybridized carbons (Fsp3) is 0.364. The Bertz CT molecular complexity index is 447. The van der Waals surface area contributed by atoms with E-state index in [0.717, 1.165) is 0 Å². The Kier molecular flexibility index (Phi) is 4.91. The largest absolute Gasteiger partial charge is 0.493 e. The average molecular weight is 254 g/mol. The maximum Gasteiger partial charge on any atom is 0.273 e. The van der Waals surface area contributed by atoms with Crippen molar-refractivity contribution < 1.29 is 19.2 Å². The van der Waals surface area contributed by atoms with E-state index in [9.17, 15) is 14.9 Å². The predicted octanol–water partition coefficient (Wildman–Crippen LogP) is 1.12. The molecule has 1 rings (SSSR count). The number of rotatable bonds is 6. The van der Waals surface area contributed by atoms with Crippen LogP contribution in [-0.2, 0) is 4.79 Å². The molecule has 1 aromatic rings. The molecule has 0 radical (unpaired) electrons. The van der Waals surface area contributed by atoms with E-state index in [1.807, 2.05) is 0 Å². The molecule has 0 saturated heterocycles. The number of non-ortho nitro benzene ring substituents is 1. The first-order chi connectivity index (χ1) is 8.58. The van der Waals surface area contributed by atoms with E-state index in [1.54, 1.807) is 6.92 Å². The van der Waals surface area contributed by atoms with Gasteiger partial charge in [-0.3, -0.25) is 14.9 Å². The van der Waals surface area contributed by atoms with Gasteiger partial charge in [0, 0.05) is 12.6 Å². The highest BCUT2D eigenvalue weighted by Crippen LogP contribution is 2.30. The number of hydrogen-bond donors (Lipinski definition) is 1. The van der Waals surface area contributed by atoms with Gasteiger partial charge in [0.1, 0.15) is 0 Å². The molecule has 0 unspecified atom stereocenters. The maximum atomic E-state index is 11.2. The number of nitro groups is 1. The molecule has 0 fully saturated rings. The maximum absolute atomic E-state index is 11.2. The van der Waals surface area contributed by atoms with Gasteiger partial charge in [-0.1, -0.05) is 0 Å². The molecule has 7 heteroatoms. The monoisotopic (exact) mass is 254 g/mol. The van der Waals surface area contributed by atoms with Gasteiger partial charge in [0.05, 0.1) is 18.1 Å². The molecule has 0 atom stereocenters. The molecule has 1 amide bonds. The minimum Gasteiger partial charge on any atom is -0.493 e. The summed E-state index contributed by atoms with van der Waals surface area (Å²) >= 11 is 0. The lowest BCUT2D eigenvalue weighted by molar-refractivity contribution is -0.385. The lowest BCUT2D eigenvalue weighted by atomic mass is 10.3. The molecule has 0 bridgehead atoms. The van der Waals surface area contributed by atoms with Crippen LogP contribution in [0.25, 0.3) is 0 Å². The number of likely N-dealkylation sites (N-methyl/N-ethyl adjacent to an activating group) is 1. The summed E-state index contributed by atoms with van der Waals surface area (Å²) in [7, 11) is 1.42. The number of hydrogen-bond acceptors (Lipinski definition) is 5. The van der Waals surface area contributed by atoms with Crippen LogP contribution in [0, 0.1) is 10.1 Å². The van der Waals surface area contributed by atoms with E-state index in [2.05, 4.69) is 5.32 Å². The minimum atomic E-state index is -0.543. The molecule has 0 aromatic heterocycles. The van der Waals surface area contributed by atoms with Crippen molar-refractivity contribution in [2.45, 2.75) is 6.92 Å². The van der Waals surface area contributed by atoms with Crippen molar-refractivity contribution in [3.63, 3.8) is 0 Å². The molecule has 0 saturated carbocycles.